The van der Waals surface area contributed by atoms with E-state index in [4.69, 9.17) is 0 Å². The predicted octanol–water partition coefficient (Wildman–Crippen LogP) is 1.17. The number of hydrogen-bond acceptors (Lipinski definition) is 3. The van der Waals surface area contributed by atoms with Gasteiger partial charge in [0, 0.05) is 19.6 Å². The zero-order valence-electron chi connectivity index (χ0n) is 11.0. The molecule has 5 heteroatoms. The van der Waals surface area contributed by atoms with Gasteiger partial charge in [-0.3, -0.25) is 0 Å². The first-order valence-electron chi connectivity index (χ1n) is 6.92. The average Bonchev–Trinajstić information content (AvgIpc) is 3.12. The van der Waals surface area contributed by atoms with Crippen molar-refractivity contribution in [3.8, 4) is 0 Å². The molecule has 4 nitrogen and oxygen atoms in total. The molecule has 0 aliphatic carbocycles. The number of hydrogen-bond donors (Lipinski definition) is 1. The molecule has 1 aromatic carbocycles. The first-order valence-corrected chi connectivity index (χ1v) is 8.43. The lowest BCUT2D eigenvalue weighted by Crippen LogP contribution is -2.38. The Hall–Kier alpha value is -0.910. The predicted molar refractivity (Wildman–Crippen MR) is 75.6 cm³/mol. The SMILES string of the molecule is O=S(=O)(C1CCNC1)N1CCC(c2ccccc2)C1. The molecule has 0 aromatic heterocycles. The van der Waals surface area contributed by atoms with E-state index in [0.29, 0.717) is 25.6 Å². The number of rotatable bonds is 3. The Kier molecular flexibility index (Phi) is 3.60. The largest absolute Gasteiger partial charge is 0.315 e. The summed E-state index contributed by atoms with van der Waals surface area (Å²) in [7, 11) is -3.11. The third kappa shape index (κ3) is 2.55. The fraction of sp³-hybridized carbons (Fsp3) is 0.571. The standard InChI is InChI=1S/C14H20N2O2S/c17-19(18,14-6-8-15-10-14)16-9-7-13(11-16)12-4-2-1-3-5-12/h1-5,13-15H,6-11H2. The Labute approximate surface area is 114 Å². The van der Waals surface area contributed by atoms with Gasteiger partial charge < -0.3 is 5.32 Å². The molecule has 2 heterocycles. The van der Waals surface area contributed by atoms with Gasteiger partial charge >= 0.3 is 0 Å². The molecule has 3 rings (SSSR count). The van der Waals surface area contributed by atoms with Gasteiger partial charge in [0.15, 0.2) is 0 Å². The van der Waals surface area contributed by atoms with Crippen LogP contribution in [0.25, 0.3) is 0 Å². The first kappa shape index (κ1) is 13.1. The van der Waals surface area contributed by atoms with E-state index < -0.39 is 10.0 Å². The highest BCUT2D eigenvalue weighted by Gasteiger charge is 2.38. The first-order chi connectivity index (χ1) is 9.18. The summed E-state index contributed by atoms with van der Waals surface area (Å²) in [4.78, 5) is 0. The van der Waals surface area contributed by atoms with Gasteiger partial charge in [0.05, 0.1) is 5.25 Å². The quantitative estimate of drug-likeness (QED) is 0.904. The van der Waals surface area contributed by atoms with Crippen LogP contribution in [0.3, 0.4) is 0 Å². The van der Waals surface area contributed by atoms with Crippen LogP contribution in [0.2, 0.25) is 0 Å². The number of benzene rings is 1. The van der Waals surface area contributed by atoms with Crippen LogP contribution in [0, 0.1) is 0 Å². The van der Waals surface area contributed by atoms with Crippen LogP contribution in [-0.2, 0) is 10.0 Å². The van der Waals surface area contributed by atoms with Crippen molar-refractivity contribution in [1.29, 1.82) is 0 Å². The summed E-state index contributed by atoms with van der Waals surface area (Å²) in [6.45, 7) is 2.73. The maximum absolute atomic E-state index is 12.5. The third-order valence-corrected chi connectivity index (χ3v) is 6.51. The van der Waals surface area contributed by atoms with Crippen LogP contribution in [0.4, 0.5) is 0 Å². The van der Waals surface area contributed by atoms with Crippen molar-refractivity contribution in [2.75, 3.05) is 26.2 Å². The van der Waals surface area contributed by atoms with Gasteiger partial charge in [-0.25, -0.2) is 12.7 Å². The fourth-order valence-electron chi connectivity index (χ4n) is 3.05. The van der Waals surface area contributed by atoms with Crippen molar-refractivity contribution in [3.05, 3.63) is 35.9 Å². The molecule has 2 aliphatic heterocycles. The second kappa shape index (κ2) is 5.23. The minimum atomic E-state index is -3.11. The van der Waals surface area contributed by atoms with Gasteiger partial charge in [-0.2, -0.15) is 0 Å². The van der Waals surface area contributed by atoms with E-state index in [1.165, 1.54) is 5.56 Å². The molecule has 0 radical (unpaired) electrons. The Morgan fingerprint density at radius 2 is 1.95 bits per heavy atom. The Bertz CT molecular complexity index is 524. The summed E-state index contributed by atoms with van der Waals surface area (Å²) >= 11 is 0. The summed E-state index contributed by atoms with van der Waals surface area (Å²) in [6, 6.07) is 10.2. The molecule has 0 bridgehead atoms. The van der Waals surface area contributed by atoms with E-state index in [-0.39, 0.29) is 5.25 Å². The van der Waals surface area contributed by atoms with Gasteiger partial charge in [0.2, 0.25) is 10.0 Å². The van der Waals surface area contributed by atoms with E-state index in [9.17, 15) is 8.42 Å². The molecule has 19 heavy (non-hydrogen) atoms. The van der Waals surface area contributed by atoms with Crippen molar-refractivity contribution in [2.45, 2.75) is 24.0 Å². The lowest BCUT2D eigenvalue weighted by molar-refractivity contribution is 0.462. The zero-order valence-corrected chi connectivity index (χ0v) is 11.8. The highest BCUT2D eigenvalue weighted by molar-refractivity contribution is 7.89. The smallest absolute Gasteiger partial charge is 0.218 e. The molecule has 2 aliphatic rings. The van der Waals surface area contributed by atoms with Crippen molar-refractivity contribution in [3.63, 3.8) is 0 Å². The minimum Gasteiger partial charge on any atom is -0.315 e. The van der Waals surface area contributed by atoms with Gasteiger partial charge in [0.25, 0.3) is 0 Å². The highest BCUT2D eigenvalue weighted by atomic mass is 32.2. The lowest BCUT2D eigenvalue weighted by atomic mass is 9.99. The highest BCUT2D eigenvalue weighted by Crippen LogP contribution is 2.30. The molecular weight excluding hydrogens is 260 g/mol. The van der Waals surface area contributed by atoms with Gasteiger partial charge in [-0.15, -0.1) is 0 Å². The topological polar surface area (TPSA) is 49.4 Å². The summed E-state index contributed by atoms with van der Waals surface area (Å²) in [5.74, 6) is 0.352. The zero-order chi connectivity index (χ0) is 13.3. The molecule has 2 fully saturated rings. The molecule has 2 atom stereocenters. The second-order valence-corrected chi connectivity index (χ2v) is 7.63. The van der Waals surface area contributed by atoms with Crippen molar-refractivity contribution >= 4 is 10.0 Å². The second-order valence-electron chi connectivity index (χ2n) is 5.41. The van der Waals surface area contributed by atoms with E-state index in [1.54, 1.807) is 4.31 Å². The van der Waals surface area contributed by atoms with Gasteiger partial charge in [-0.1, -0.05) is 30.3 Å². The maximum atomic E-state index is 12.5. The van der Waals surface area contributed by atoms with E-state index in [0.717, 1.165) is 19.4 Å². The number of nitrogens with one attached hydrogen (secondary N) is 1. The number of nitrogens with zero attached hydrogens (tertiary/aromatic N) is 1. The Morgan fingerprint density at radius 1 is 1.16 bits per heavy atom. The molecule has 2 unspecified atom stereocenters. The monoisotopic (exact) mass is 280 g/mol. The summed E-state index contributed by atoms with van der Waals surface area (Å²) in [5.41, 5.74) is 1.25. The van der Waals surface area contributed by atoms with Gasteiger partial charge in [0.1, 0.15) is 0 Å². The molecule has 2 saturated heterocycles. The summed E-state index contributed by atoms with van der Waals surface area (Å²) in [6.07, 6.45) is 1.68. The molecule has 104 valence electrons. The molecule has 1 aromatic rings. The van der Waals surface area contributed by atoms with E-state index >= 15 is 0 Å². The molecule has 1 N–H and O–H groups in total. The fourth-order valence-corrected chi connectivity index (χ4v) is 4.96. The molecular formula is C14H20N2O2S. The van der Waals surface area contributed by atoms with Crippen LogP contribution in [0.5, 0.6) is 0 Å². The van der Waals surface area contributed by atoms with Crippen molar-refractivity contribution < 1.29 is 8.42 Å². The van der Waals surface area contributed by atoms with Gasteiger partial charge in [-0.05, 0) is 30.9 Å². The Balaban J connectivity index is 1.72. The van der Waals surface area contributed by atoms with E-state index in [1.807, 2.05) is 18.2 Å². The average molecular weight is 280 g/mol. The minimum absolute atomic E-state index is 0.220. The lowest BCUT2D eigenvalue weighted by Gasteiger charge is -2.20. The van der Waals surface area contributed by atoms with Crippen LogP contribution >= 0.6 is 0 Å². The van der Waals surface area contributed by atoms with Crippen LogP contribution in [0.1, 0.15) is 24.3 Å². The van der Waals surface area contributed by atoms with Crippen molar-refractivity contribution in [1.82, 2.24) is 9.62 Å². The molecule has 0 saturated carbocycles. The van der Waals surface area contributed by atoms with E-state index in [2.05, 4.69) is 17.4 Å². The number of sulfonamides is 1. The normalized spacial score (nSPS) is 28.8. The molecule has 0 amide bonds. The summed E-state index contributed by atoms with van der Waals surface area (Å²) < 4.78 is 26.7. The maximum Gasteiger partial charge on any atom is 0.218 e. The molecule has 0 spiro atoms. The van der Waals surface area contributed by atoms with Crippen LogP contribution < -0.4 is 5.32 Å². The van der Waals surface area contributed by atoms with Crippen LogP contribution in [0.15, 0.2) is 30.3 Å². The van der Waals surface area contributed by atoms with Crippen LogP contribution in [-0.4, -0.2) is 44.2 Å². The Morgan fingerprint density at radius 3 is 2.63 bits per heavy atom. The summed E-state index contributed by atoms with van der Waals surface area (Å²) in [5, 5.41) is 2.92. The van der Waals surface area contributed by atoms with Crippen molar-refractivity contribution in [2.24, 2.45) is 0 Å². The third-order valence-electron chi connectivity index (χ3n) is 4.22.